The number of aliphatic carboxylic acids is 1. The highest BCUT2D eigenvalue weighted by molar-refractivity contribution is 5.90. The summed E-state index contributed by atoms with van der Waals surface area (Å²) in [4.78, 5) is 26.3. The molecule has 1 saturated heterocycles. The molecule has 1 aromatic carbocycles. The molecule has 29 heavy (non-hydrogen) atoms. The number of piperidine rings is 1. The van der Waals surface area contributed by atoms with E-state index in [0.717, 1.165) is 37.9 Å². The molecule has 10 heteroatoms. The largest absolute Gasteiger partial charge is 0.481 e. The van der Waals surface area contributed by atoms with Gasteiger partial charge >= 0.3 is 17.8 Å². The number of amides is 1. The Balaban J connectivity index is 1.52. The molecule has 2 atom stereocenters. The number of nitrogens with one attached hydrogen (secondary N) is 1. The zero-order valence-electron chi connectivity index (χ0n) is 15.5. The Morgan fingerprint density at radius 1 is 1.24 bits per heavy atom. The smallest absolute Gasteiger partial charge is 0.310 e. The molecule has 2 fully saturated rings. The highest BCUT2D eigenvalue weighted by Gasteiger charge is 2.40. The van der Waals surface area contributed by atoms with Crippen LogP contribution in [0.25, 0.3) is 11.5 Å². The highest BCUT2D eigenvalue weighted by Crippen LogP contribution is 2.33. The molecule has 1 saturated carbocycles. The molecule has 2 N–H and O–H groups in total. The molecule has 1 aromatic heterocycles. The van der Waals surface area contributed by atoms with Crippen molar-refractivity contribution in [1.29, 1.82) is 0 Å². The van der Waals surface area contributed by atoms with Crippen LogP contribution in [0.5, 0.6) is 0 Å². The predicted molar refractivity (Wildman–Crippen MR) is 95.6 cm³/mol. The van der Waals surface area contributed by atoms with Gasteiger partial charge < -0.3 is 14.8 Å². The van der Waals surface area contributed by atoms with E-state index in [1.54, 1.807) is 0 Å². The van der Waals surface area contributed by atoms with Gasteiger partial charge in [-0.25, -0.2) is 8.78 Å². The van der Waals surface area contributed by atoms with Gasteiger partial charge in [-0.3, -0.25) is 14.5 Å². The molecule has 2 heterocycles. The van der Waals surface area contributed by atoms with Crippen molar-refractivity contribution < 1.29 is 27.9 Å². The average Bonchev–Trinajstić information content (AvgIpc) is 3.35. The molecule has 154 valence electrons. The number of carbonyl (C=O) groups is 2. The van der Waals surface area contributed by atoms with E-state index in [2.05, 4.69) is 15.5 Å². The molecule has 0 bridgehead atoms. The van der Waals surface area contributed by atoms with Crippen LogP contribution >= 0.6 is 0 Å². The lowest BCUT2D eigenvalue weighted by Gasteiger charge is -2.39. The van der Waals surface area contributed by atoms with Gasteiger partial charge in [0.25, 0.3) is 5.89 Å². The predicted octanol–water partition coefficient (Wildman–Crippen LogP) is 2.28. The van der Waals surface area contributed by atoms with E-state index in [4.69, 9.17) is 4.42 Å². The number of aromatic nitrogens is 2. The molecule has 8 nitrogen and oxygen atoms in total. The summed E-state index contributed by atoms with van der Waals surface area (Å²) in [6.45, 7) is 1.42. The summed E-state index contributed by atoms with van der Waals surface area (Å²) >= 11 is 0. The number of carboxylic acids is 1. The summed E-state index contributed by atoms with van der Waals surface area (Å²) in [5, 5.41) is 19.5. The molecule has 2 aromatic rings. The number of rotatable bonds is 6. The van der Waals surface area contributed by atoms with Gasteiger partial charge in [0.15, 0.2) is 0 Å². The van der Waals surface area contributed by atoms with E-state index < -0.39 is 41.5 Å². The van der Waals surface area contributed by atoms with Crippen molar-refractivity contribution in [2.24, 2.45) is 11.8 Å². The topological polar surface area (TPSA) is 109 Å². The minimum Gasteiger partial charge on any atom is -0.481 e. The fraction of sp³-hybridized carbons (Fsp3) is 0.474. The molecule has 1 aliphatic carbocycles. The third-order valence-electron chi connectivity index (χ3n) is 5.30. The molecule has 0 radical (unpaired) electrons. The first-order chi connectivity index (χ1) is 13.9. The minimum absolute atomic E-state index is 0.130. The summed E-state index contributed by atoms with van der Waals surface area (Å²) in [5.74, 6) is -4.25. The summed E-state index contributed by atoms with van der Waals surface area (Å²) in [7, 11) is 0. The first-order valence-electron chi connectivity index (χ1n) is 9.49. The average molecular weight is 406 g/mol. The second-order valence-corrected chi connectivity index (χ2v) is 7.48. The highest BCUT2D eigenvalue weighted by atomic mass is 19.1. The molecule has 2 aliphatic rings. The van der Waals surface area contributed by atoms with Crippen LogP contribution < -0.4 is 5.32 Å². The number of hydrogen-bond acceptors (Lipinski definition) is 6. The van der Waals surface area contributed by atoms with Crippen LogP contribution in [0.1, 0.15) is 36.4 Å². The monoisotopic (exact) mass is 406 g/mol. The van der Waals surface area contributed by atoms with E-state index in [1.165, 1.54) is 0 Å². The van der Waals surface area contributed by atoms with E-state index in [0.29, 0.717) is 24.9 Å². The number of carboxylic acid groups (broad SMARTS) is 1. The summed E-state index contributed by atoms with van der Waals surface area (Å²) in [6, 6.07) is 2.85. The van der Waals surface area contributed by atoms with Crippen molar-refractivity contribution in [3.63, 3.8) is 0 Å². The van der Waals surface area contributed by atoms with Gasteiger partial charge in [-0.2, -0.15) is 0 Å². The third-order valence-corrected chi connectivity index (χ3v) is 5.30. The van der Waals surface area contributed by atoms with Crippen LogP contribution in [0.4, 0.5) is 8.78 Å². The normalized spacial score (nSPS) is 22.4. The molecule has 1 amide bonds. The lowest BCUT2D eigenvalue weighted by Crippen LogP contribution is -2.57. The number of halogens is 2. The molecular weight excluding hydrogens is 386 g/mol. The van der Waals surface area contributed by atoms with Gasteiger partial charge in [0.05, 0.1) is 17.6 Å². The molecular formula is C19H20F2N4O4. The number of likely N-dealkylation sites (tertiary alicyclic amines) is 1. The maximum atomic E-state index is 13.9. The first-order valence-corrected chi connectivity index (χ1v) is 9.49. The standard InChI is InChI=1S/C19H20F2N4O4/c20-11-5-6-12(14(21)8-11)17-23-24-18(29-17)16(26)22-15-13(19(27)28)2-1-7-25(15)9-10-3-4-10/h5-6,8,10,13,15H,1-4,7,9H2,(H,22,26)(H,27,28)/t13-,15?/m0/s1. The fourth-order valence-corrected chi connectivity index (χ4v) is 3.64. The Hall–Kier alpha value is -2.88. The minimum atomic E-state index is -0.976. The number of benzene rings is 1. The lowest BCUT2D eigenvalue weighted by atomic mass is 9.93. The molecule has 4 rings (SSSR count). The van der Waals surface area contributed by atoms with Crippen LogP contribution in [0.2, 0.25) is 0 Å². The van der Waals surface area contributed by atoms with Crippen molar-refractivity contribution >= 4 is 11.9 Å². The van der Waals surface area contributed by atoms with E-state index in [1.807, 2.05) is 4.90 Å². The Morgan fingerprint density at radius 2 is 2.03 bits per heavy atom. The quantitative estimate of drug-likeness (QED) is 0.758. The van der Waals surface area contributed by atoms with Crippen molar-refractivity contribution in [2.45, 2.75) is 31.8 Å². The summed E-state index contributed by atoms with van der Waals surface area (Å²) in [6.07, 6.45) is 2.71. The fourth-order valence-electron chi connectivity index (χ4n) is 3.64. The first kappa shape index (κ1) is 19.4. The second kappa shape index (κ2) is 7.86. The second-order valence-electron chi connectivity index (χ2n) is 7.48. The molecule has 1 aliphatic heterocycles. The third kappa shape index (κ3) is 4.26. The van der Waals surface area contributed by atoms with Crippen molar-refractivity contribution in [2.75, 3.05) is 13.1 Å². The maximum Gasteiger partial charge on any atom is 0.310 e. The maximum absolute atomic E-state index is 13.9. The van der Waals surface area contributed by atoms with Gasteiger partial charge in [0, 0.05) is 19.2 Å². The van der Waals surface area contributed by atoms with Crippen LogP contribution in [0, 0.1) is 23.5 Å². The summed E-state index contributed by atoms with van der Waals surface area (Å²) < 4.78 is 32.2. The van der Waals surface area contributed by atoms with Gasteiger partial charge in [-0.15, -0.1) is 10.2 Å². The van der Waals surface area contributed by atoms with E-state index >= 15 is 0 Å². The van der Waals surface area contributed by atoms with Gasteiger partial charge in [-0.05, 0) is 43.7 Å². The number of nitrogens with zero attached hydrogens (tertiary/aromatic N) is 3. The molecule has 1 unspecified atom stereocenters. The zero-order chi connectivity index (χ0) is 20.5. The SMILES string of the molecule is O=C(NC1[C@@H](C(=O)O)CCCN1CC1CC1)c1nnc(-c2ccc(F)cc2F)o1. The number of hydrogen-bond donors (Lipinski definition) is 2. The Labute approximate surface area is 164 Å². The van der Waals surface area contributed by atoms with Crippen LogP contribution in [0.15, 0.2) is 22.6 Å². The van der Waals surface area contributed by atoms with Crippen LogP contribution in [-0.2, 0) is 4.79 Å². The van der Waals surface area contributed by atoms with Crippen molar-refractivity contribution in [3.05, 3.63) is 35.7 Å². The van der Waals surface area contributed by atoms with Crippen LogP contribution in [-0.4, -0.2) is 51.3 Å². The van der Waals surface area contributed by atoms with E-state index in [-0.39, 0.29) is 11.5 Å². The number of carbonyl (C=O) groups excluding carboxylic acids is 1. The van der Waals surface area contributed by atoms with Gasteiger partial charge in [-0.1, -0.05) is 0 Å². The van der Waals surface area contributed by atoms with Crippen molar-refractivity contribution in [3.8, 4) is 11.5 Å². The lowest BCUT2D eigenvalue weighted by molar-refractivity contribution is -0.146. The van der Waals surface area contributed by atoms with E-state index in [9.17, 15) is 23.5 Å². The molecule has 0 spiro atoms. The zero-order valence-corrected chi connectivity index (χ0v) is 15.5. The van der Waals surface area contributed by atoms with Crippen LogP contribution in [0.3, 0.4) is 0 Å². The Bertz CT molecular complexity index is 931. The summed E-state index contributed by atoms with van der Waals surface area (Å²) in [5.41, 5.74) is -0.130. The van der Waals surface area contributed by atoms with Gasteiger partial charge in [0.1, 0.15) is 11.6 Å². The Morgan fingerprint density at radius 3 is 2.72 bits per heavy atom. The van der Waals surface area contributed by atoms with Gasteiger partial charge in [0.2, 0.25) is 0 Å². The van der Waals surface area contributed by atoms with Crippen molar-refractivity contribution in [1.82, 2.24) is 20.4 Å². The Kier molecular flexibility index (Phi) is 5.27.